The molecule has 0 unspecified atom stereocenters. The van der Waals surface area contributed by atoms with Gasteiger partial charge in [0.2, 0.25) is 0 Å². The van der Waals surface area contributed by atoms with E-state index in [-0.39, 0.29) is 18.4 Å². The van der Waals surface area contributed by atoms with Gasteiger partial charge in [0.25, 0.3) is 0 Å². The third-order valence-electron chi connectivity index (χ3n) is 4.06. The Morgan fingerprint density at radius 1 is 1.09 bits per heavy atom. The number of rotatable bonds is 6. The highest BCUT2D eigenvalue weighted by Crippen LogP contribution is 2.29. The van der Waals surface area contributed by atoms with Crippen molar-refractivity contribution in [1.82, 2.24) is 10.2 Å². The second-order valence-corrected chi connectivity index (χ2v) is 5.60. The lowest BCUT2D eigenvalue weighted by atomic mass is 9.97. The van der Waals surface area contributed by atoms with Crippen molar-refractivity contribution in [3.05, 3.63) is 35.1 Å². The van der Waals surface area contributed by atoms with Crippen molar-refractivity contribution < 1.29 is 13.2 Å². The molecule has 0 radical (unpaired) electrons. The molecule has 1 aromatic carbocycles. The van der Waals surface area contributed by atoms with Gasteiger partial charge in [0.15, 0.2) is 17.5 Å². The lowest BCUT2D eigenvalue weighted by Gasteiger charge is -2.35. The molecule has 1 heterocycles. The number of benzene rings is 1. The molecule has 0 saturated carbocycles. The number of hydrogen-bond acceptors (Lipinski definition) is 2. The van der Waals surface area contributed by atoms with Crippen molar-refractivity contribution in [2.75, 3.05) is 26.2 Å². The van der Waals surface area contributed by atoms with Crippen LogP contribution in [0.4, 0.5) is 13.2 Å². The zero-order valence-electron chi connectivity index (χ0n) is 12.9. The zero-order chi connectivity index (χ0) is 15.2. The molecule has 1 fully saturated rings. The van der Waals surface area contributed by atoms with E-state index in [0.29, 0.717) is 5.56 Å². The Bertz CT molecular complexity index is 442. The first-order chi connectivity index (χ1) is 10.1. The lowest BCUT2D eigenvalue weighted by Crippen LogP contribution is -2.45. The number of nitrogens with zero attached hydrogens (tertiary/aromatic N) is 1. The monoisotopic (exact) mass is 336 g/mol. The summed E-state index contributed by atoms with van der Waals surface area (Å²) in [5, 5.41) is 3.27. The molecule has 2 nitrogen and oxygen atoms in total. The molecule has 2 rings (SSSR count). The average molecular weight is 337 g/mol. The van der Waals surface area contributed by atoms with E-state index in [1.807, 2.05) is 0 Å². The second-order valence-electron chi connectivity index (χ2n) is 5.60. The van der Waals surface area contributed by atoms with Gasteiger partial charge in [-0.05, 0) is 24.1 Å². The predicted molar refractivity (Wildman–Crippen MR) is 84.9 cm³/mol. The van der Waals surface area contributed by atoms with Crippen LogP contribution in [-0.4, -0.2) is 31.1 Å². The highest BCUT2D eigenvalue weighted by atomic mass is 35.5. The summed E-state index contributed by atoms with van der Waals surface area (Å²) in [6.07, 6.45) is 4.04. The van der Waals surface area contributed by atoms with E-state index >= 15 is 0 Å². The van der Waals surface area contributed by atoms with Gasteiger partial charge in [0.05, 0.1) is 0 Å². The quantitative estimate of drug-likeness (QED) is 0.622. The molecule has 1 atom stereocenters. The minimum atomic E-state index is -1.38. The summed E-state index contributed by atoms with van der Waals surface area (Å²) in [5.74, 6) is -3.58. The van der Waals surface area contributed by atoms with Gasteiger partial charge in [-0.15, -0.1) is 12.4 Å². The Morgan fingerprint density at radius 3 is 2.23 bits per heavy atom. The van der Waals surface area contributed by atoms with Gasteiger partial charge in [-0.25, -0.2) is 13.2 Å². The number of unbranched alkanes of at least 4 members (excludes halogenated alkanes) is 2. The Kier molecular flexibility index (Phi) is 8.21. The summed E-state index contributed by atoms with van der Waals surface area (Å²) in [5.41, 5.74) is 0.546. The molecule has 1 aliphatic heterocycles. The molecule has 0 amide bonds. The molecule has 0 spiro atoms. The zero-order valence-corrected chi connectivity index (χ0v) is 13.7. The van der Waals surface area contributed by atoms with E-state index in [9.17, 15) is 13.2 Å². The van der Waals surface area contributed by atoms with Crippen LogP contribution in [-0.2, 0) is 0 Å². The molecule has 0 aromatic heterocycles. The van der Waals surface area contributed by atoms with Crippen LogP contribution in [0.1, 0.15) is 44.2 Å². The standard InChI is InChI=1S/C16H23F3N2.ClH/c1-2-3-4-5-15(21-8-6-20-7-9-21)12-10-13(17)16(19)14(18)11-12;/h10-11,15,20H,2-9H2,1H3;1H/t15-;/m1./s1. The SMILES string of the molecule is CCCCC[C@H](c1cc(F)c(F)c(F)c1)N1CCNCC1.Cl. The van der Waals surface area contributed by atoms with Crippen LogP contribution < -0.4 is 5.32 Å². The van der Waals surface area contributed by atoms with Gasteiger partial charge >= 0.3 is 0 Å². The summed E-state index contributed by atoms with van der Waals surface area (Å²) in [4.78, 5) is 2.23. The molecule has 6 heteroatoms. The average Bonchev–Trinajstić information content (AvgIpc) is 2.50. The van der Waals surface area contributed by atoms with Crippen LogP contribution in [0.2, 0.25) is 0 Å². The smallest absolute Gasteiger partial charge is 0.194 e. The maximum Gasteiger partial charge on any atom is 0.194 e. The van der Waals surface area contributed by atoms with Gasteiger partial charge in [-0.2, -0.15) is 0 Å². The normalized spacial score (nSPS) is 17.1. The number of hydrogen-bond donors (Lipinski definition) is 1. The van der Waals surface area contributed by atoms with E-state index in [4.69, 9.17) is 0 Å². The summed E-state index contributed by atoms with van der Waals surface area (Å²) in [6.45, 7) is 5.55. The van der Waals surface area contributed by atoms with Crippen LogP contribution in [0.25, 0.3) is 0 Å². The minimum absolute atomic E-state index is 0. The molecular weight excluding hydrogens is 313 g/mol. The number of piperazine rings is 1. The maximum atomic E-state index is 13.5. The van der Waals surface area contributed by atoms with Gasteiger partial charge in [0, 0.05) is 32.2 Å². The fourth-order valence-corrected chi connectivity index (χ4v) is 2.91. The van der Waals surface area contributed by atoms with Crippen LogP contribution in [0.5, 0.6) is 0 Å². The van der Waals surface area contributed by atoms with Crippen molar-refractivity contribution >= 4 is 12.4 Å². The maximum absolute atomic E-state index is 13.5. The van der Waals surface area contributed by atoms with Crippen LogP contribution in [0.15, 0.2) is 12.1 Å². The third-order valence-corrected chi connectivity index (χ3v) is 4.06. The predicted octanol–water partition coefficient (Wildman–Crippen LogP) is 4.05. The van der Waals surface area contributed by atoms with Crippen molar-refractivity contribution in [2.45, 2.75) is 38.6 Å². The van der Waals surface area contributed by atoms with Crippen LogP contribution in [0, 0.1) is 17.5 Å². The van der Waals surface area contributed by atoms with Crippen LogP contribution in [0.3, 0.4) is 0 Å². The summed E-state index contributed by atoms with van der Waals surface area (Å²) in [6, 6.07) is 2.26. The lowest BCUT2D eigenvalue weighted by molar-refractivity contribution is 0.162. The van der Waals surface area contributed by atoms with Crippen LogP contribution >= 0.6 is 12.4 Å². The van der Waals surface area contributed by atoms with E-state index in [2.05, 4.69) is 17.1 Å². The molecule has 126 valence electrons. The molecule has 1 N–H and O–H groups in total. The van der Waals surface area contributed by atoms with Crippen molar-refractivity contribution in [3.8, 4) is 0 Å². The fourth-order valence-electron chi connectivity index (χ4n) is 2.91. The van der Waals surface area contributed by atoms with Gasteiger partial charge in [-0.3, -0.25) is 4.90 Å². The van der Waals surface area contributed by atoms with E-state index in [0.717, 1.165) is 64.0 Å². The topological polar surface area (TPSA) is 15.3 Å². The molecule has 22 heavy (non-hydrogen) atoms. The Balaban J connectivity index is 0.00000242. The fraction of sp³-hybridized carbons (Fsp3) is 0.625. The summed E-state index contributed by atoms with van der Waals surface area (Å²) < 4.78 is 40.2. The van der Waals surface area contributed by atoms with Crippen molar-refractivity contribution in [1.29, 1.82) is 0 Å². The highest BCUT2D eigenvalue weighted by molar-refractivity contribution is 5.85. The summed E-state index contributed by atoms with van der Waals surface area (Å²) in [7, 11) is 0. The Morgan fingerprint density at radius 2 is 1.68 bits per heavy atom. The van der Waals surface area contributed by atoms with E-state index < -0.39 is 17.5 Å². The third kappa shape index (κ3) is 4.86. The number of nitrogens with one attached hydrogen (secondary N) is 1. The van der Waals surface area contributed by atoms with Gasteiger partial charge in [0.1, 0.15) is 0 Å². The number of halogens is 4. The molecule has 1 saturated heterocycles. The minimum Gasteiger partial charge on any atom is -0.314 e. The molecular formula is C16H24ClF3N2. The first-order valence-electron chi connectivity index (χ1n) is 7.72. The first kappa shape index (κ1) is 19.3. The Hall–Kier alpha value is -0.780. The highest BCUT2D eigenvalue weighted by Gasteiger charge is 2.24. The second kappa shape index (κ2) is 9.38. The van der Waals surface area contributed by atoms with Gasteiger partial charge in [-0.1, -0.05) is 26.2 Å². The van der Waals surface area contributed by atoms with Crippen molar-refractivity contribution in [3.63, 3.8) is 0 Å². The molecule has 0 bridgehead atoms. The summed E-state index contributed by atoms with van der Waals surface area (Å²) >= 11 is 0. The molecule has 1 aliphatic rings. The van der Waals surface area contributed by atoms with E-state index in [1.54, 1.807) is 0 Å². The van der Waals surface area contributed by atoms with Crippen molar-refractivity contribution in [2.24, 2.45) is 0 Å². The largest absolute Gasteiger partial charge is 0.314 e. The molecule has 0 aliphatic carbocycles. The first-order valence-corrected chi connectivity index (χ1v) is 7.72. The molecule has 1 aromatic rings. The van der Waals surface area contributed by atoms with E-state index in [1.165, 1.54) is 0 Å². The Labute approximate surface area is 136 Å². The van der Waals surface area contributed by atoms with Gasteiger partial charge < -0.3 is 5.32 Å².